The lowest BCUT2D eigenvalue weighted by atomic mass is 10.1. The van der Waals surface area contributed by atoms with E-state index in [1.54, 1.807) is 30.3 Å². The molecule has 3 amide bonds. The van der Waals surface area contributed by atoms with Crippen molar-refractivity contribution in [3.63, 3.8) is 0 Å². The van der Waals surface area contributed by atoms with E-state index in [2.05, 4.69) is 16.0 Å². The first-order valence-corrected chi connectivity index (χ1v) is 9.63. The Bertz CT molecular complexity index is 1030. The number of aryl methyl sites for hydroxylation is 1. The van der Waals surface area contributed by atoms with Gasteiger partial charge in [-0.2, -0.15) is 0 Å². The molecule has 0 heterocycles. The van der Waals surface area contributed by atoms with Gasteiger partial charge in [-0.15, -0.1) is 0 Å². The molecule has 7 heteroatoms. The van der Waals surface area contributed by atoms with Gasteiger partial charge in [0.15, 0.2) is 0 Å². The van der Waals surface area contributed by atoms with Crippen LogP contribution >= 0.6 is 23.2 Å². The molecule has 3 rings (SSSR count). The van der Waals surface area contributed by atoms with Crippen LogP contribution in [0.15, 0.2) is 66.7 Å². The minimum atomic E-state index is -0.351. The highest BCUT2D eigenvalue weighted by atomic mass is 35.5. The number of benzene rings is 3. The van der Waals surface area contributed by atoms with Crippen molar-refractivity contribution in [2.45, 2.75) is 13.5 Å². The van der Waals surface area contributed by atoms with Crippen molar-refractivity contribution in [1.29, 1.82) is 0 Å². The number of hydrogen-bond donors (Lipinski definition) is 3. The van der Waals surface area contributed by atoms with Gasteiger partial charge < -0.3 is 16.0 Å². The molecule has 0 bridgehead atoms. The molecule has 0 aliphatic rings. The predicted octanol–water partition coefficient (Wildman–Crippen LogP) is 5.88. The number of urea groups is 1. The van der Waals surface area contributed by atoms with E-state index in [0.29, 0.717) is 33.5 Å². The first-order valence-electron chi connectivity index (χ1n) is 8.87. The number of nitrogens with one attached hydrogen (secondary N) is 3. The fourth-order valence-electron chi connectivity index (χ4n) is 2.72. The minimum absolute atomic E-state index is 0.335. The van der Waals surface area contributed by atoms with E-state index in [1.807, 2.05) is 31.2 Å². The van der Waals surface area contributed by atoms with Crippen molar-refractivity contribution < 1.29 is 9.59 Å². The van der Waals surface area contributed by atoms with Gasteiger partial charge >= 0.3 is 6.03 Å². The van der Waals surface area contributed by atoms with Crippen LogP contribution in [0.1, 0.15) is 21.5 Å². The van der Waals surface area contributed by atoms with E-state index in [-0.39, 0.29) is 11.9 Å². The zero-order valence-electron chi connectivity index (χ0n) is 15.6. The van der Waals surface area contributed by atoms with Gasteiger partial charge in [-0.05, 0) is 54.4 Å². The van der Waals surface area contributed by atoms with Crippen LogP contribution in [0.4, 0.5) is 16.2 Å². The Kier molecular flexibility index (Phi) is 6.75. The monoisotopic (exact) mass is 427 g/mol. The molecule has 148 valence electrons. The molecule has 3 N–H and O–H groups in total. The van der Waals surface area contributed by atoms with Crippen LogP contribution in [-0.4, -0.2) is 11.9 Å². The molecular formula is C22H19Cl2N3O2. The smallest absolute Gasteiger partial charge is 0.319 e. The molecule has 0 radical (unpaired) electrons. The minimum Gasteiger partial charge on any atom is -0.334 e. The second-order valence-corrected chi connectivity index (χ2v) is 7.30. The summed E-state index contributed by atoms with van der Waals surface area (Å²) in [7, 11) is 0. The quantitative estimate of drug-likeness (QED) is 0.475. The zero-order valence-corrected chi connectivity index (χ0v) is 17.1. The highest BCUT2D eigenvalue weighted by Gasteiger charge is 2.09. The topological polar surface area (TPSA) is 70.2 Å². The molecule has 0 fully saturated rings. The molecule has 5 nitrogen and oxygen atoms in total. The van der Waals surface area contributed by atoms with Gasteiger partial charge in [0.2, 0.25) is 0 Å². The number of hydrogen-bond acceptors (Lipinski definition) is 2. The lowest BCUT2D eigenvalue weighted by molar-refractivity contribution is 0.102. The maximum absolute atomic E-state index is 12.4. The molecule has 0 saturated heterocycles. The van der Waals surface area contributed by atoms with Gasteiger partial charge in [-0.25, -0.2) is 4.79 Å². The molecule has 3 aromatic rings. The summed E-state index contributed by atoms with van der Waals surface area (Å²) in [6.07, 6.45) is 0. The van der Waals surface area contributed by atoms with Crippen LogP contribution in [0.3, 0.4) is 0 Å². The Morgan fingerprint density at radius 2 is 1.48 bits per heavy atom. The highest BCUT2D eigenvalue weighted by molar-refractivity contribution is 6.35. The van der Waals surface area contributed by atoms with Crippen molar-refractivity contribution >= 4 is 46.5 Å². The molecule has 0 saturated carbocycles. The second-order valence-electron chi connectivity index (χ2n) is 6.43. The van der Waals surface area contributed by atoms with E-state index in [9.17, 15) is 9.59 Å². The van der Waals surface area contributed by atoms with Crippen molar-refractivity contribution in [1.82, 2.24) is 5.32 Å². The standard InChI is InChI=1S/C22H19Cl2N3O2/c1-14-5-2-3-6-15(14)13-25-22(29)27-20-8-4-7-19(12-20)26-21(28)16-9-17(23)11-18(24)10-16/h2-12H,13H2,1H3,(H,26,28)(H2,25,27,29). The predicted molar refractivity (Wildman–Crippen MR) is 118 cm³/mol. The number of halogens is 2. The van der Waals surface area contributed by atoms with Crippen molar-refractivity contribution in [2.75, 3.05) is 10.6 Å². The van der Waals surface area contributed by atoms with E-state index in [4.69, 9.17) is 23.2 Å². The highest BCUT2D eigenvalue weighted by Crippen LogP contribution is 2.21. The fourth-order valence-corrected chi connectivity index (χ4v) is 3.25. The molecular weight excluding hydrogens is 409 g/mol. The van der Waals surface area contributed by atoms with Crippen LogP contribution in [0.25, 0.3) is 0 Å². The third kappa shape index (κ3) is 5.98. The Morgan fingerprint density at radius 1 is 0.828 bits per heavy atom. The fraction of sp³-hybridized carbons (Fsp3) is 0.0909. The van der Waals surface area contributed by atoms with Gasteiger partial charge in [0, 0.05) is 33.5 Å². The number of anilines is 2. The summed E-state index contributed by atoms with van der Waals surface area (Å²) >= 11 is 11.9. The molecule has 3 aromatic carbocycles. The van der Waals surface area contributed by atoms with Crippen molar-refractivity contribution in [3.05, 3.63) is 93.5 Å². The third-order valence-electron chi connectivity index (χ3n) is 4.20. The normalized spacial score (nSPS) is 10.3. The van der Waals surface area contributed by atoms with Crippen LogP contribution in [0.2, 0.25) is 10.0 Å². The summed E-state index contributed by atoms with van der Waals surface area (Å²) < 4.78 is 0. The van der Waals surface area contributed by atoms with Crippen LogP contribution in [0.5, 0.6) is 0 Å². The first kappa shape index (κ1) is 20.7. The first-order chi connectivity index (χ1) is 13.9. The van der Waals surface area contributed by atoms with E-state index in [1.165, 1.54) is 12.1 Å². The van der Waals surface area contributed by atoms with Crippen LogP contribution in [-0.2, 0) is 6.54 Å². The van der Waals surface area contributed by atoms with Crippen LogP contribution < -0.4 is 16.0 Å². The Balaban J connectivity index is 1.61. The van der Waals surface area contributed by atoms with Crippen LogP contribution in [0, 0.1) is 6.92 Å². The lowest BCUT2D eigenvalue weighted by Crippen LogP contribution is -2.28. The van der Waals surface area contributed by atoms with Crippen molar-refractivity contribution in [2.24, 2.45) is 0 Å². The maximum atomic E-state index is 12.4. The third-order valence-corrected chi connectivity index (χ3v) is 4.64. The molecule has 0 aliphatic heterocycles. The van der Waals surface area contributed by atoms with Gasteiger partial charge in [0.25, 0.3) is 5.91 Å². The molecule has 0 aromatic heterocycles. The summed E-state index contributed by atoms with van der Waals surface area (Å²) in [5.41, 5.74) is 3.58. The van der Waals surface area contributed by atoms with E-state index in [0.717, 1.165) is 11.1 Å². The maximum Gasteiger partial charge on any atom is 0.319 e. The largest absolute Gasteiger partial charge is 0.334 e. The Morgan fingerprint density at radius 3 is 2.17 bits per heavy atom. The van der Waals surface area contributed by atoms with Gasteiger partial charge in [0.05, 0.1) is 0 Å². The number of carbonyl (C=O) groups is 2. The summed E-state index contributed by atoms with van der Waals surface area (Å²) in [6.45, 7) is 2.42. The van der Waals surface area contributed by atoms with Gasteiger partial charge in [-0.3, -0.25) is 4.79 Å². The summed E-state index contributed by atoms with van der Waals surface area (Å²) in [6, 6.07) is 19.0. The lowest BCUT2D eigenvalue weighted by Gasteiger charge is -2.11. The molecule has 29 heavy (non-hydrogen) atoms. The van der Waals surface area contributed by atoms with Crippen molar-refractivity contribution in [3.8, 4) is 0 Å². The van der Waals surface area contributed by atoms with Gasteiger partial charge in [-0.1, -0.05) is 53.5 Å². The average Bonchev–Trinajstić information content (AvgIpc) is 2.67. The van der Waals surface area contributed by atoms with E-state index < -0.39 is 0 Å². The Labute approximate surface area is 179 Å². The summed E-state index contributed by atoms with van der Waals surface area (Å²) in [4.78, 5) is 24.6. The molecule has 0 aliphatic carbocycles. The number of amides is 3. The average molecular weight is 428 g/mol. The number of carbonyl (C=O) groups excluding carboxylic acids is 2. The SMILES string of the molecule is Cc1ccccc1CNC(=O)Nc1cccc(NC(=O)c2cc(Cl)cc(Cl)c2)c1. The molecule has 0 atom stereocenters. The molecule has 0 unspecified atom stereocenters. The zero-order chi connectivity index (χ0) is 20.8. The van der Waals surface area contributed by atoms with E-state index >= 15 is 0 Å². The Hall–Kier alpha value is -3.02. The summed E-state index contributed by atoms with van der Waals surface area (Å²) in [5, 5.41) is 9.10. The summed E-state index contributed by atoms with van der Waals surface area (Å²) in [5.74, 6) is -0.351. The second kappa shape index (κ2) is 9.45. The van der Waals surface area contributed by atoms with Gasteiger partial charge in [0.1, 0.15) is 0 Å². The molecule has 0 spiro atoms. The number of rotatable bonds is 5.